The number of aryl methyl sites for hydroxylation is 2. The van der Waals surface area contributed by atoms with Gasteiger partial charge >= 0.3 is 0 Å². The van der Waals surface area contributed by atoms with Crippen molar-refractivity contribution in [2.75, 3.05) is 0 Å². The third-order valence-corrected chi connectivity index (χ3v) is 6.95. The number of hydrogen-bond acceptors (Lipinski definition) is 6. The van der Waals surface area contributed by atoms with Crippen LogP contribution < -0.4 is 10.9 Å². The molecular formula is C24H26O4S2. The van der Waals surface area contributed by atoms with Crippen molar-refractivity contribution in [3.05, 3.63) is 103 Å². The van der Waals surface area contributed by atoms with Crippen LogP contribution in [0, 0.1) is 0 Å². The first-order valence-electron chi connectivity index (χ1n) is 10.0. The summed E-state index contributed by atoms with van der Waals surface area (Å²) >= 11 is 3.42. The standard InChI is InChI=1S/C24H26O4S2/c1-3-19-9-27-11-21(23(19)25)15-29-13-17-5-7-18(8-6-17)14-30-16-22-12-28-10-20(4-2)24(22)26/h5-12H,3-4,13-16H2,1-2H3. The van der Waals surface area contributed by atoms with E-state index >= 15 is 0 Å². The van der Waals surface area contributed by atoms with Crippen molar-refractivity contribution in [1.82, 2.24) is 0 Å². The molecule has 0 bridgehead atoms. The molecule has 0 aliphatic carbocycles. The van der Waals surface area contributed by atoms with Crippen molar-refractivity contribution in [3.63, 3.8) is 0 Å². The minimum absolute atomic E-state index is 0.0992. The van der Waals surface area contributed by atoms with Gasteiger partial charge in [-0.25, -0.2) is 0 Å². The van der Waals surface area contributed by atoms with Crippen LogP contribution in [-0.2, 0) is 35.9 Å². The Morgan fingerprint density at radius 3 is 1.33 bits per heavy atom. The summed E-state index contributed by atoms with van der Waals surface area (Å²) in [6, 6.07) is 8.50. The zero-order valence-corrected chi connectivity index (χ0v) is 18.9. The maximum absolute atomic E-state index is 12.2. The van der Waals surface area contributed by atoms with E-state index in [4.69, 9.17) is 8.83 Å². The van der Waals surface area contributed by atoms with Gasteiger partial charge in [0.25, 0.3) is 0 Å². The van der Waals surface area contributed by atoms with Crippen molar-refractivity contribution in [3.8, 4) is 0 Å². The fourth-order valence-electron chi connectivity index (χ4n) is 3.00. The Bertz CT molecular complexity index is 981. The molecule has 30 heavy (non-hydrogen) atoms. The Morgan fingerprint density at radius 2 is 0.967 bits per heavy atom. The lowest BCUT2D eigenvalue weighted by atomic mass is 10.2. The number of benzene rings is 1. The summed E-state index contributed by atoms with van der Waals surface area (Å²) in [5, 5.41) is 0. The fourth-order valence-corrected chi connectivity index (χ4v) is 4.90. The van der Waals surface area contributed by atoms with Gasteiger partial charge in [-0.3, -0.25) is 9.59 Å². The van der Waals surface area contributed by atoms with Gasteiger partial charge in [-0.1, -0.05) is 38.1 Å². The highest BCUT2D eigenvalue weighted by molar-refractivity contribution is 7.98. The van der Waals surface area contributed by atoms with Gasteiger partial charge in [0.15, 0.2) is 10.9 Å². The summed E-state index contributed by atoms with van der Waals surface area (Å²) in [5.41, 5.74) is 5.56. The number of hydrogen-bond donors (Lipinski definition) is 0. The lowest BCUT2D eigenvalue weighted by Gasteiger charge is -2.06. The van der Waals surface area contributed by atoms with Crippen molar-refractivity contribution in [2.24, 2.45) is 0 Å². The average molecular weight is 443 g/mol. The molecule has 0 aliphatic heterocycles. The van der Waals surface area contributed by atoms with Crippen LogP contribution in [-0.4, -0.2) is 0 Å². The lowest BCUT2D eigenvalue weighted by Crippen LogP contribution is -2.12. The molecule has 3 aromatic rings. The number of thioether (sulfide) groups is 2. The zero-order valence-electron chi connectivity index (χ0n) is 17.3. The summed E-state index contributed by atoms with van der Waals surface area (Å²) in [7, 11) is 0. The van der Waals surface area contributed by atoms with Gasteiger partial charge in [0, 0.05) is 45.3 Å². The highest BCUT2D eigenvalue weighted by atomic mass is 32.2. The van der Waals surface area contributed by atoms with E-state index in [-0.39, 0.29) is 10.9 Å². The molecule has 3 rings (SSSR count). The molecule has 6 heteroatoms. The lowest BCUT2D eigenvalue weighted by molar-refractivity contribution is 0.535. The highest BCUT2D eigenvalue weighted by Crippen LogP contribution is 2.20. The maximum Gasteiger partial charge on any atom is 0.191 e. The van der Waals surface area contributed by atoms with Gasteiger partial charge in [0.1, 0.15) is 0 Å². The molecule has 0 saturated carbocycles. The predicted molar refractivity (Wildman–Crippen MR) is 125 cm³/mol. The monoisotopic (exact) mass is 442 g/mol. The first-order chi connectivity index (χ1) is 14.6. The second kappa shape index (κ2) is 11.3. The van der Waals surface area contributed by atoms with E-state index in [1.54, 1.807) is 48.6 Å². The normalized spacial score (nSPS) is 11.0. The summed E-state index contributed by atoms with van der Waals surface area (Å²) in [6.07, 6.45) is 7.59. The molecule has 1 aromatic carbocycles. The van der Waals surface area contributed by atoms with E-state index in [0.29, 0.717) is 24.3 Å². The van der Waals surface area contributed by atoms with E-state index in [9.17, 15) is 9.59 Å². The second-order valence-corrected chi connectivity index (χ2v) is 8.98. The Labute approximate surface area is 185 Å². The van der Waals surface area contributed by atoms with Crippen LogP contribution in [0.25, 0.3) is 0 Å². The zero-order chi connectivity index (χ0) is 21.3. The molecule has 0 unspecified atom stereocenters. The quantitative estimate of drug-likeness (QED) is 0.408. The minimum atomic E-state index is 0.0992. The van der Waals surface area contributed by atoms with Crippen molar-refractivity contribution < 1.29 is 8.83 Å². The maximum atomic E-state index is 12.2. The average Bonchev–Trinajstić information content (AvgIpc) is 2.77. The van der Waals surface area contributed by atoms with E-state index < -0.39 is 0 Å². The summed E-state index contributed by atoms with van der Waals surface area (Å²) < 4.78 is 10.6. The van der Waals surface area contributed by atoms with Crippen LogP contribution in [0.2, 0.25) is 0 Å². The van der Waals surface area contributed by atoms with Crippen LogP contribution >= 0.6 is 23.5 Å². The van der Waals surface area contributed by atoms with E-state index in [1.165, 1.54) is 11.1 Å². The predicted octanol–water partition coefficient (Wildman–Crippen LogP) is 5.58. The van der Waals surface area contributed by atoms with Gasteiger partial charge in [-0.2, -0.15) is 23.5 Å². The smallest absolute Gasteiger partial charge is 0.191 e. The van der Waals surface area contributed by atoms with Crippen molar-refractivity contribution in [2.45, 2.75) is 49.7 Å². The minimum Gasteiger partial charge on any atom is -0.472 e. The van der Waals surface area contributed by atoms with Crippen molar-refractivity contribution in [1.29, 1.82) is 0 Å². The molecule has 0 amide bonds. The SMILES string of the molecule is CCc1cocc(CSCc2ccc(CSCc3cocc(CC)c3=O)cc2)c1=O. The summed E-state index contributed by atoms with van der Waals surface area (Å²) in [4.78, 5) is 24.5. The van der Waals surface area contributed by atoms with Gasteiger partial charge in [0.05, 0.1) is 25.1 Å². The molecule has 0 spiro atoms. The molecule has 0 aliphatic rings. The molecule has 0 radical (unpaired) electrons. The number of rotatable bonds is 10. The highest BCUT2D eigenvalue weighted by Gasteiger charge is 2.07. The first kappa shape index (κ1) is 22.5. The van der Waals surface area contributed by atoms with Crippen LogP contribution in [0.3, 0.4) is 0 Å². The largest absolute Gasteiger partial charge is 0.472 e. The summed E-state index contributed by atoms with van der Waals surface area (Å²) in [6.45, 7) is 3.92. The third kappa shape index (κ3) is 5.92. The fraction of sp³-hybridized carbons (Fsp3) is 0.333. The Balaban J connectivity index is 1.47. The van der Waals surface area contributed by atoms with Gasteiger partial charge in [0.2, 0.25) is 0 Å². The molecule has 0 fully saturated rings. The van der Waals surface area contributed by atoms with E-state index in [2.05, 4.69) is 24.3 Å². The van der Waals surface area contributed by atoms with Gasteiger partial charge in [-0.15, -0.1) is 0 Å². The molecular weight excluding hydrogens is 416 g/mol. The molecule has 0 saturated heterocycles. The van der Waals surface area contributed by atoms with Gasteiger partial charge < -0.3 is 8.83 Å². The molecule has 2 heterocycles. The van der Waals surface area contributed by atoms with Crippen LogP contribution in [0.5, 0.6) is 0 Å². The van der Waals surface area contributed by atoms with Crippen LogP contribution in [0.15, 0.2) is 67.7 Å². The van der Waals surface area contributed by atoms with Crippen LogP contribution in [0.4, 0.5) is 0 Å². The molecule has 0 N–H and O–H groups in total. The Morgan fingerprint density at radius 1 is 0.600 bits per heavy atom. The molecule has 2 aromatic heterocycles. The van der Waals surface area contributed by atoms with E-state index in [1.807, 2.05) is 13.8 Å². The summed E-state index contributed by atoms with van der Waals surface area (Å²) in [5.74, 6) is 2.97. The topological polar surface area (TPSA) is 60.4 Å². The molecule has 4 nitrogen and oxygen atoms in total. The Hall–Kier alpha value is -2.18. The van der Waals surface area contributed by atoms with Crippen molar-refractivity contribution >= 4 is 23.5 Å². The third-order valence-electron chi connectivity index (χ3n) is 4.85. The second-order valence-electron chi connectivity index (χ2n) is 7.01. The molecule has 0 atom stereocenters. The van der Waals surface area contributed by atoms with Crippen LogP contribution in [0.1, 0.15) is 47.2 Å². The van der Waals surface area contributed by atoms with Gasteiger partial charge in [-0.05, 0) is 24.0 Å². The Kier molecular flexibility index (Phi) is 8.46. The van der Waals surface area contributed by atoms with E-state index in [0.717, 1.165) is 33.8 Å². The molecule has 158 valence electrons. The first-order valence-corrected chi connectivity index (χ1v) is 12.3.